The van der Waals surface area contributed by atoms with Crippen LogP contribution in [0.4, 0.5) is 5.69 Å². The molecular formula is C15H15BrClNO2S. The Kier molecular flexibility index (Phi) is 5.30. The summed E-state index contributed by atoms with van der Waals surface area (Å²) < 4.78 is 5.87. The fourth-order valence-corrected chi connectivity index (χ4v) is 3.75. The van der Waals surface area contributed by atoms with E-state index in [4.69, 9.17) is 22.1 Å². The number of carbonyl (C=O) groups excluding carboxylic acids is 1. The molecule has 0 aliphatic carbocycles. The first-order valence-electron chi connectivity index (χ1n) is 6.53. The Morgan fingerprint density at radius 1 is 1.43 bits per heavy atom. The number of anilines is 1. The third-order valence-corrected chi connectivity index (χ3v) is 5.54. The predicted molar refractivity (Wildman–Crippen MR) is 92.2 cm³/mol. The highest BCUT2D eigenvalue weighted by Gasteiger charge is 2.22. The molecular weight excluding hydrogens is 374 g/mol. The topological polar surface area (TPSA) is 52.3 Å². The molecule has 6 heteroatoms. The van der Waals surface area contributed by atoms with Crippen molar-refractivity contribution in [1.82, 2.24) is 0 Å². The molecule has 0 aliphatic heterocycles. The minimum atomic E-state index is -0.367. The molecule has 21 heavy (non-hydrogen) atoms. The maximum Gasteiger partial charge on any atom is 0.350 e. The van der Waals surface area contributed by atoms with Crippen molar-refractivity contribution >= 4 is 50.5 Å². The molecule has 0 fully saturated rings. The van der Waals surface area contributed by atoms with Gasteiger partial charge in [-0.2, -0.15) is 0 Å². The summed E-state index contributed by atoms with van der Waals surface area (Å²) in [5.74, 6) is -0.367. The van der Waals surface area contributed by atoms with Crippen LogP contribution in [0.3, 0.4) is 0 Å². The number of thiophene rings is 1. The zero-order chi connectivity index (χ0) is 15.6. The van der Waals surface area contributed by atoms with Crippen molar-refractivity contribution < 1.29 is 9.53 Å². The van der Waals surface area contributed by atoms with E-state index in [0.717, 1.165) is 26.9 Å². The minimum absolute atomic E-state index is 0.333. The lowest BCUT2D eigenvalue weighted by atomic mass is 10.1. The van der Waals surface area contributed by atoms with Crippen molar-refractivity contribution in [2.24, 2.45) is 0 Å². The molecule has 0 saturated carbocycles. The molecule has 1 heterocycles. The maximum atomic E-state index is 12.0. The summed E-state index contributed by atoms with van der Waals surface area (Å²) >= 11 is 10.8. The van der Waals surface area contributed by atoms with Crippen LogP contribution in [-0.4, -0.2) is 12.6 Å². The van der Waals surface area contributed by atoms with Crippen LogP contribution in [0, 0.1) is 0 Å². The summed E-state index contributed by atoms with van der Waals surface area (Å²) in [7, 11) is 0. The molecule has 2 aromatic rings. The predicted octanol–water partition coefficient (Wildman–Crippen LogP) is 5.15. The number of benzene rings is 1. The van der Waals surface area contributed by atoms with E-state index in [9.17, 15) is 4.79 Å². The second-order valence-electron chi connectivity index (χ2n) is 4.36. The fraction of sp³-hybridized carbons (Fsp3) is 0.267. The van der Waals surface area contributed by atoms with Crippen LogP contribution in [0.25, 0.3) is 10.4 Å². The minimum Gasteiger partial charge on any atom is -0.462 e. The Hall–Kier alpha value is -1.04. The number of hydrogen-bond acceptors (Lipinski definition) is 4. The standard InChI is InChI=1S/C15H15BrClNO2S/c1-3-9-12(18)14(15(19)20-4-2)21-13(9)8-5-6-11(17)10(16)7-8/h5-7H,3-4,18H2,1-2H3. The van der Waals surface area contributed by atoms with Gasteiger partial charge in [0, 0.05) is 9.35 Å². The van der Waals surface area contributed by atoms with Gasteiger partial charge in [-0.05, 0) is 52.5 Å². The molecule has 112 valence electrons. The van der Waals surface area contributed by atoms with Gasteiger partial charge in [-0.25, -0.2) is 4.79 Å². The quantitative estimate of drug-likeness (QED) is 0.737. The highest BCUT2D eigenvalue weighted by molar-refractivity contribution is 9.10. The molecule has 1 aromatic carbocycles. The van der Waals surface area contributed by atoms with Gasteiger partial charge in [0.1, 0.15) is 4.88 Å². The van der Waals surface area contributed by atoms with Crippen LogP contribution in [0.15, 0.2) is 22.7 Å². The highest BCUT2D eigenvalue weighted by Crippen LogP contribution is 2.41. The molecule has 0 spiro atoms. The monoisotopic (exact) mass is 387 g/mol. The summed E-state index contributed by atoms with van der Waals surface area (Å²) in [4.78, 5) is 13.4. The fourth-order valence-electron chi connectivity index (χ4n) is 2.05. The number of halogens is 2. The van der Waals surface area contributed by atoms with E-state index < -0.39 is 0 Å². The summed E-state index contributed by atoms with van der Waals surface area (Å²) in [6.07, 6.45) is 0.747. The smallest absolute Gasteiger partial charge is 0.350 e. The first-order valence-corrected chi connectivity index (χ1v) is 8.52. The van der Waals surface area contributed by atoms with Gasteiger partial charge in [-0.3, -0.25) is 0 Å². The number of carbonyl (C=O) groups is 1. The van der Waals surface area contributed by atoms with E-state index in [-0.39, 0.29) is 5.97 Å². The normalized spacial score (nSPS) is 10.7. The summed E-state index contributed by atoms with van der Waals surface area (Å²) in [5, 5.41) is 0.645. The molecule has 0 saturated heterocycles. The molecule has 0 atom stereocenters. The maximum absolute atomic E-state index is 12.0. The SMILES string of the molecule is CCOC(=O)c1sc(-c2ccc(Cl)c(Br)c2)c(CC)c1N. The van der Waals surface area contributed by atoms with Gasteiger partial charge in [-0.15, -0.1) is 11.3 Å². The Morgan fingerprint density at radius 2 is 2.14 bits per heavy atom. The Labute approximate surface area is 141 Å². The lowest BCUT2D eigenvalue weighted by molar-refractivity contribution is 0.0533. The third-order valence-electron chi connectivity index (χ3n) is 3.04. The van der Waals surface area contributed by atoms with Gasteiger partial charge < -0.3 is 10.5 Å². The van der Waals surface area contributed by atoms with Crippen LogP contribution >= 0.6 is 38.9 Å². The second kappa shape index (κ2) is 6.81. The van der Waals surface area contributed by atoms with Crippen LogP contribution in [0.5, 0.6) is 0 Å². The average molecular weight is 389 g/mol. The van der Waals surface area contributed by atoms with Crippen molar-refractivity contribution in [1.29, 1.82) is 0 Å². The molecule has 0 aliphatic rings. The molecule has 3 nitrogen and oxygen atoms in total. The summed E-state index contributed by atoms with van der Waals surface area (Å²) in [6.45, 7) is 4.13. The lowest BCUT2D eigenvalue weighted by Gasteiger charge is -2.04. The first kappa shape index (κ1) is 16.3. The van der Waals surface area contributed by atoms with Crippen LogP contribution in [0.2, 0.25) is 5.02 Å². The number of rotatable bonds is 4. The van der Waals surface area contributed by atoms with Gasteiger partial charge in [0.25, 0.3) is 0 Å². The Morgan fingerprint density at radius 3 is 2.71 bits per heavy atom. The van der Waals surface area contributed by atoms with Crippen molar-refractivity contribution in [3.8, 4) is 10.4 Å². The zero-order valence-electron chi connectivity index (χ0n) is 11.7. The van der Waals surface area contributed by atoms with Crippen molar-refractivity contribution in [2.75, 3.05) is 12.3 Å². The number of esters is 1. The molecule has 0 bridgehead atoms. The Bertz CT molecular complexity index is 685. The van der Waals surface area contributed by atoms with Gasteiger partial charge >= 0.3 is 5.97 Å². The van der Waals surface area contributed by atoms with Gasteiger partial charge in [0.2, 0.25) is 0 Å². The third kappa shape index (κ3) is 3.25. The van der Waals surface area contributed by atoms with Crippen LogP contribution in [0.1, 0.15) is 29.1 Å². The van der Waals surface area contributed by atoms with E-state index in [2.05, 4.69) is 15.9 Å². The Balaban J connectivity index is 2.55. The highest BCUT2D eigenvalue weighted by atomic mass is 79.9. The largest absolute Gasteiger partial charge is 0.462 e. The van der Waals surface area contributed by atoms with Crippen LogP contribution in [-0.2, 0) is 11.2 Å². The lowest BCUT2D eigenvalue weighted by Crippen LogP contribution is -2.05. The van der Waals surface area contributed by atoms with E-state index in [1.807, 2.05) is 25.1 Å². The van der Waals surface area contributed by atoms with E-state index in [1.165, 1.54) is 11.3 Å². The van der Waals surface area contributed by atoms with Gasteiger partial charge in [-0.1, -0.05) is 24.6 Å². The number of nitrogen functional groups attached to an aromatic ring is 1. The molecule has 0 radical (unpaired) electrons. The molecule has 0 amide bonds. The molecule has 0 unspecified atom stereocenters. The van der Waals surface area contributed by atoms with E-state index in [1.54, 1.807) is 6.92 Å². The van der Waals surface area contributed by atoms with Crippen molar-refractivity contribution in [3.63, 3.8) is 0 Å². The van der Waals surface area contributed by atoms with Gasteiger partial charge in [0.05, 0.1) is 17.3 Å². The molecule has 1 aromatic heterocycles. The van der Waals surface area contributed by atoms with E-state index in [0.29, 0.717) is 22.2 Å². The summed E-state index contributed by atoms with van der Waals surface area (Å²) in [6, 6.07) is 5.68. The van der Waals surface area contributed by atoms with Crippen molar-refractivity contribution in [2.45, 2.75) is 20.3 Å². The van der Waals surface area contributed by atoms with Gasteiger partial charge in [0.15, 0.2) is 0 Å². The number of ether oxygens (including phenoxy) is 1. The molecule has 2 N–H and O–H groups in total. The van der Waals surface area contributed by atoms with E-state index >= 15 is 0 Å². The zero-order valence-corrected chi connectivity index (χ0v) is 14.9. The average Bonchev–Trinajstić information content (AvgIpc) is 2.79. The number of nitrogens with two attached hydrogens (primary N) is 1. The molecule has 2 rings (SSSR count). The van der Waals surface area contributed by atoms with Crippen LogP contribution < -0.4 is 5.73 Å². The number of hydrogen-bond donors (Lipinski definition) is 1. The first-order chi connectivity index (χ1) is 9.99. The summed E-state index contributed by atoms with van der Waals surface area (Å²) in [5.41, 5.74) is 8.59. The second-order valence-corrected chi connectivity index (χ2v) is 6.64. The van der Waals surface area contributed by atoms with Crippen molar-refractivity contribution in [3.05, 3.63) is 38.1 Å².